The van der Waals surface area contributed by atoms with Gasteiger partial charge in [-0.2, -0.15) is 0 Å². The number of nitrogens with one attached hydrogen (secondary N) is 3. The van der Waals surface area contributed by atoms with Crippen molar-refractivity contribution in [3.8, 4) is 0 Å². The summed E-state index contributed by atoms with van der Waals surface area (Å²) in [6.45, 7) is 4.17. The maximum absolute atomic E-state index is 12.8. The van der Waals surface area contributed by atoms with Gasteiger partial charge >= 0.3 is 0 Å². The minimum absolute atomic E-state index is 0.0886. The van der Waals surface area contributed by atoms with Crippen LogP contribution in [0, 0.1) is 5.41 Å². The van der Waals surface area contributed by atoms with E-state index in [1.54, 1.807) is 6.20 Å². The molecule has 23 heavy (non-hydrogen) atoms. The molecule has 0 radical (unpaired) electrons. The smallest absolute Gasteiger partial charge is 0.270 e. The largest absolute Gasteiger partial charge is 0.343 e. The molecule has 2 aromatic rings. The molecule has 3 N–H and O–H groups in total. The Morgan fingerprint density at radius 2 is 2.00 bits per heavy atom. The average Bonchev–Trinajstić information content (AvgIpc) is 2.86. The van der Waals surface area contributed by atoms with Crippen LogP contribution in [0.15, 0.2) is 40.5 Å². The van der Waals surface area contributed by atoms with Crippen molar-refractivity contribution < 1.29 is 4.79 Å². The van der Waals surface area contributed by atoms with Gasteiger partial charge in [-0.3, -0.25) is 24.8 Å². The Morgan fingerprint density at radius 3 is 2.74 bits per heavy atom. The van der Waals surface area contributed by atoms with Gasteiger partial charge in [0.2, 0.25) is 0 Å². The molecule has 0 saturated heterocycles. The Balaban J connectivity index is 1.96. The van der Waals surface area contributed by atoms with Crippen molar-refractivity contribution in [1.82, 2.24) is 15.2 Å². The fourth-order valence-corrected chi connectivity index (χ4v) is 3.66. The summed E-state index contributed by atoms with van der Waals surface area (Å²) < 4.78 is 0. The number of ketones is 1. The van der Waals surface area contributed by atoms with Gasteiger partial charge in [0.15, 0.2) is 5.78 Å². The first-order valence-electron chi connectivity index (χ1n) is 7.71. The fourth-order valence-electron chi connectivity index (χ4n) is 3.66. The second-order valence-corrected chi connectivity index (χ2v) is 7.01. The second kappa shape index (κ2) is 4.68. The van der Waals surface area contributed by atoms with Crippen molar-refractivity contribution in [2.24, 2.45) is 5.41 Å². The average molecular weight is 310 g/mol. The molecule has 1 aliphatic carbocycles. The van der Waals surface area contributed by atoms with E-state index in [9.17, 15) is 9.59 Å². The van der Waals surface area contributed by atoms with Crippen molar-refractivity contribution in [2.75, 3.05) is 5.32 Å². The normalized spacial score (nSPS) is 22.3. The fraction of sp³-hybridized carbons (Fsp3) is 0.353. The lowest BCUT2D eigenvalue weighted by atomic mass is 9.70. The molecule has 3 heterocycles. The Hall–Kier alpha value is -2.63. The molecule has 1 atom stereocenters. The highest BCUT2D eigenvalue weighted by molar-refractivity contribution is 6.01. The number of Topliss-reactive ketones (excluding diaryl/α,β-unsaturated/α-hetero) is 1. The molecule has 4 rings (SSSR count). The summed E-state index contributed by atoms with van der Waals surface area (Å²) in [4.78, 5) is 29.5. The van der Waals surface area contributed by atoms with E-state index < -0.39 is 5.92 Å². The van der Waals surface area contributed by atoms with Crippen LogP contribution in [0.25, 0.3) is 0 Å². The number of aromatic amines is 2. The zero-order valence-corrected chi connectivity index (χ0v) is 13.1. The first-order valence-corrected chi connectivity index (χ1v) is 7.71. The molecular formula is C17H18N4O2. The minimum Gasteiger partial charge on any atom is -0.343 e. The number of allylic oxidation sites excluding steroid dienone is 2. The van der Waals surface area contributed by atoms with E-state index in [0.29, 0.717) is 23.4 Å². The summed E-state index contributed by atoms with van der Waals surface area (Å²) in [5.74, 6) is 0.307. The number of carbonyl (C=O) groups is 1. The van der Waals surface area contributed by atoms with Crippen molar-refractivity contribution in [3.63, 3.8) is 0 Å². The molecule has 6 heteroatoms. The highest BCUT2D eigenvalue weighted by Crippen LogP contribution is 2.46. The monoisotopic (exact) mass is 310 g/mol. The van der Waals surface area contributed by atoms with Gasteiger partial charge in [0.25, 0.3) is 5.56 Å². The first-order chi connectivity index (χ1) is 11.0. The summed E-state index contributed by atoms with van der Waals surface area (Å²) in [5, 5.41) is 8.74. The molecule has 0 unspecified atom stereocenters. The molecule has 6 nitrogen and oxygen atoms in total. The molecular weight excluding hydrogens is 292 g/mol. The molecule has 0 bridgehead atoms. The van der Waals surface area contributed by atoms with Crippen LogP contribution in [-0.2, 0) is 4.79 Å². The van der Waals surface area contributed by atoms with E-state index in [4.69, 9.17) is 0 Å². The second-order valence-electron chi connectivity index (χ2n) is 7.01. The maximum Gasteiger partial charge on any atom is 0.270 e. The van der Waals surface area contributed by atoms with Crippen LogP contribution < -0.4 is 10.9 Å². The molecule has 0 spiro atoms. The quantitative estimate of drug-likeness (QED) is 0.754. The molecule has 0 fully saturated rings. The number of pyridine rings is 1. The molecule has 0 amide bonds. The van der Waals surface area contributed by atoms with Crippen LogP contribution in [0.5, 0.6) is 0 Å². The lowest BCUT2D eigenvalue weighted by Gasteiger charge is -2.37. The van der Waals surface area contributed by atoms with E-state index in [-0.39, 0.29) is 16.8 Å². The number of carbonyl (C=O) groups excluding carboxylic acids is 1. The van der Waals surface area contributed by atoms with Gasteiger partial charge in [-0.15, -0.1) is 0 Å². The SMILES string of the molecule is CC1(C)CC(=O)C2=C(C1)Nc1[nH][nH]c(=O)c1[C@@H]2c1ccccn1. The summed E-state index contributed by atoms with van der Waals surface area (Å²) in [6, 6.07) is 5.57. The van der Waals surface area contributed by atoms with Gasteiger partial charge in [0.1, 0.15) is 5.82 Å². The van der Waals surface area contributed by atoms with Gasteiger partial charge in [-0.25, -0.2) is 0 Å². The van der Waals surface area contributed by atoms with Crippen molar-refractivity contribution in [2.45, 2.75) is 32.6 Å². The molecule has 0 aromatic carbocycles. The zero-order valence-electron chi connectivity index (χ0n) is 13.1. The van der Waals surface area contributed by atoms with Gasteiger partial charge in [-0.1, -0.05) is 19.9 Å². The Morgan fingerprint density at radius 1 is 1.17 bits per heavy atom. The summed E-state index contributed by atoms with van der Waals surface area (Å²) in [7, 11) is 0. The van der Waals surface area contributed by atoms with Crippen molar-refractivity contribution in [1.29, 1.82) is 0 Å². The van der Waals surface area contributed by atoms with E-state index >= 15 is 0 Å². The molecule has 118 valence electrons. The summed E-state index contributed by atoms with van der Waals surface area (Å²) in [6.07, 6.45) is 2.94. The third kappa shape index (κ3) is 2.13. The van der Waals surface area contributed by atoms with Crippen molar-refractivity contribution >= 4 is 11.6 Å². The van der Waals surface area contributed by atoms with Gasteiger partial charge < -0.3 is 5.32 Å². The zero-order chi connectivity index (χ0) is 16.2. The van der Waals surface area contributed by atoms with Crippen LogP contribution in [0.2, 0.25) is 0 Å². The lowest BCUT2D eigenvalue weighted by molar-refractivity contribution is -0.118. The number of rotatable bonds is 1. The Labute approximate surface area is 133 Å². The van der Waals surface area contributed by atoms with Gasteiger partial charge in [0, 0.05) is 23.9 Å². The molecule has 1 aliphatic heterocycles. The Kier molecular flexibility index (Phi) is 2.85. The van der Waals surface area contributed by atoms with Crippen LogP contribution in [0.1, 0.15) is 43.9 Å². The minimum atomic E-state index is -0.416. The van der Waals surface area contributed by atoms with E-state index in [1.165, 1.54) is 0 Å². The molecule has 2 aliphatic rings. The van der Waals surface area contributed by atoms with Crippen LogP contribution in [0.3, 0.4) is 0 Å². The molecule has 2 aromatic heterocycles. The third-order valence-corrected chi connectivity index (χ3v) is 4.57. The standard InChI is InChI=1S/C17H18N4O2/c1-17(2)7-10-12(11(22)8-17)13(9-5-3-4-6-18-9)14-15(19-10)20-21-16(14)23/h3-6,13H,7-8H2,1-2H3,(H3,19,20,21,23)/t13-/m1/s1. The summed E-state index contributed by atoms with van der Waals surface area (Å²) in [5.41, 5.74) is 2.53. The van der Waals surface area contributed by atoms with E-state index in [2.05, 4.69) is 34.3 Å². The number of H-pyrrole nitrogens is 2. The number of nitrogens with zero attached hydrogens (tertiary/aromatic N) is 1. The van der Waals surface area contributed by atoms with Crippen LogP contribution in [-0.4, -0.2) is 21.0 Å². The first kappa shape index (κ1) is 14.0. The highest BCUT2D eigenvalue weighted by atomic mass is 16.1. The number of hydrogen-bond acceptors (Lipinski definition) is 4. The van der Waals surface area contributed by atoms with E-state index in [0.717, 1.165) is 17.8 Å². The third-order valence-electron chi connectivity index (χ3n) is 4.57. The van der Waals surface area contributed by atoms with Crippen LogP contribution >= 0.6 is 0 Å². The number of hydrogen-bond donors (Lipinski definition) is 3. The lowest BCUT2D eigenvalue weighted by Crippen LogP contribution is -2.35. The predicted octanol–water partition coefficient (Wildman–Crippen LogP) is 2.30. The van der Waals surface area contributed by atoms with Crippen LogP contribution in [0.4, 0.5) is 5.82 Å². The Bertz CT molecular complexity index is 873. The van der Waals surface area contributed by atoms with Crippen molar-refractivity contribution in [3.05, 3.63) is 57.3 Å². The predicted molar refractivity (Wildman–Crippen MR) is 86.2 cm³/mol. The molecule has 0 saturated carbocycles. The number of fused-ring (bicyclic) bond motifs is 1. The topological polar surface area (TPSA) is 90.6 Å². The van der Waals surface area contributed by atoms with Gasteiger partial charge in [-0.05, 0) is 24.0 Å². The number of aromatic nitrogens is 3. The van der Waals surface area contributed by atoms with Gasteiger partial charge in [0.05, 0.1) is 17.2 Å². The maximum atomic E-state index is 12.8. The highest BCUT2D eigenvalue weighted by Gasteiger charge is 2.42. The summed E-state index contributed by atoms with van der Waals surface area (Å²) >= 11 is 0. The van der Waals surface area contributed by atoms with E-state index in [1.807, 2.05) is 18.2 Å². The number of anilines is 1.